The molecule has 9 heteroatoms. The van der Waals surface area contributed by atoms with Gasteiger partial charge in [0.25, 0.3) is 0 Å². The Hall–Kier alpha value is -2.68. The molecule has 0 aliphatic heterocycles. The Kier molecular flexibility index (Phi) is 13.7. The minimum absolute atomic E-state index is 0.0339. The molecule has 0 saturated heterocycles. The topological polar surface area (TPSA) is 102 Å². The third-order valence-electron chi connectivity index (χ3n) is 5.52. The molecule has 0 bridgehead atoms. The molecule has 2 unspecified atom stereocenters. The molecule has 0 saturated carbocycles. The number of carbonyl (C=O) groups is 2. The highest BCUT2D eigenvalue weighted by atomic mass is 16.7. The number of alkyl carbamates (subject to hydrolysis) is 1. The van der Waals surface area contributed by atoms with Crippen LogP contribution in [0.2, 0.25) is 0 Å². The Labute approximate surface area is 228 Å². The molecular formula is C29H49NO8. The Bertz CT molecular complexity index is 857. The van der Waals surface area contributed by atoms with Crippen molar-refractivity contribution >= 4 is 12.2 Å². The Morgan fingerprint density at radius 2 is 1.58 bits per heavy atom. The zero-order valence-corrected chi connectivity index (χ0v) is 25.0. The van der Waals surface area contributed by atoms with Crippen molar-refractivity contribution in [3.63, 3.8) is 0 Å². The minimum Gasteiger partial charge on any atom is -0.493 e. The van der Waals surface area contributed by atoms with E-state index >= 15 is 0 Å². The second kappa shape index (κ2) is 15.7. The van der Waals surface area contributed by atoms with E-state index in [2.05, 4.69) is 19.2 Å². The first-order valence-corrected chi connectivity index (χ1v) is 13.3. The summed E-state index contributed by atoms with van der Waals surface area (Å²) in [5.74, 6) is 1.79. The second-order valence-electron chi connectivity index (χ2n) is 11.7. The van der Waals surface area contributed by atoms with Crippen LogP contribution in [0.15, 0.2) is 18.2 Å². The van der Waals surface area contributed by atoms with Crippen molar-refractivity contribution in [2.45, 2.75) is 91.9 Å². The van der Waals surface area contributed by atoms with Gasteiger partial charge in [0.2, 0.25) is 0 Å². The molecule has 0 radical (unpaired) electrons. The predicted molar refractivity (Wildman–Crippen MR) is 147 cm³/mol. The fraction of sp³-hybridized carbons (Fsp3) is 0.724. The number of rotatable bonds is 14. The van der Waals surface area contributed by atoms with Gasteiger partial charge in [-0.15, -0.1) is 0 Å². The summed E-state index contributed by atoms with van der Waals surface area (Å²) in [5.41, 5.74) is -0.250. The van der Waals surface area contributed by atoms with Gasteiger partial charge in [-0.1, -0.05) is 19.9 Å². The number of benzene rings is 1. The first-order valence-electron chi connectivity index (χ1n) is 13.3. The molecule has 0 aliphatic carbocycles. The van der Waals surface area contributed by atoms with Crippen molar-refractivity contribution in [3.05, 3.63) is 23.8 Å². The zero-order valence-electron chi connectivity index (χ0n) is 25.0. The third-order valence-corrected chi connectivity index (χ3v) is 5.52. The van der Waals surface area contributed by atoms with Crippen LogP contribution in [0.25, 0.3) is 0 Å². The fourth-order valence-electron chi connectivity index (χ4n) is 3.70. The van der Waals surface area contributed by atoms with Crippen LogP contribution in [0.5, 0.6) is 11.5 Å². The van der Waals surface area contributed by atoms with E-state index < -0.39 is 29.5 Å². The van der Waals surface area contributed by atoms with Crippen molar-refractivity contribution in [2.24, 2.45) is 11.8 Å². The van der Waals surface area contributed by atoms with Crippen LogP contribution in [0.3, 0.4) is 0 Å². The quantitative estimate of drug-likeness (QED) is 0.222. The van der Waals surface area contributed by atoms with Gasteiger partial charge in [-0.05, 0) is 83.9 Å². The summed E-state index contributed by atoms with van der Waals surface area (Å²) in [6.45, 7) is 16.1. The lowest BCUT2D eigenvalue weighted by atomic mass is 9.84. The molecule has 0 heterocycles. The molecule has 1 amide bonds. The van der Waals surface area contributed by atoms with Crippen molar-refractivity contribution in [2.75, 3.05) is 34.0 Å². The van der Waals surface area contributed by atoms with E-state index in [0.29, 0.717) is 31.1 Å². The molecule has 218 valence electrons. The van der Waals surface area contributed by atoms with Crippen molar-refractivity contribution in [1.29, 1.82) is 0 Å². The first kappa shape index (κ1) is 33.3. The maximum atomic E-state index is 12.6. The van der Waals surface area contributed by atoms with Crippen molar-refractivity contribution in [3.8, 4) is 11.5 Å². The van der Waals surface area contributed by atoms with E-state index in [9.17, 15) is 9.59 Å². The van der Waals surface area contributed by atoms with Crippen LogP contribution < -0.4 is 14.8 Å². The number of carbonyl (C=O) groups excluding carboxylic acids is 2. The summed E-state index contributed by atoms with van der Waals surface area (Å²) >= 11 is 0. The number of methoxy groups -OCH3 is 2. The van der Waals surface area contributed by atoms with Gasteiger partial charge in [0.1, 0.15) is 17.8 Å². The fourth-order valence-corrected chi connectivity index (χ4v) is 3.70. The SMILES string of the molecule is COCCCOc1cc(CC(CC(COC(=O)OC(C)(C)C)NC(=O)OC(C)(C)C)C(C)C)ccc1OC. The Morgan fingerprint density at radius 1 is 0.921 bits per heavy atom. The normalized spacial score (nSPS) is 13.4. The highest BCUT2D eigenvalue weighted by Gasteiger charge is 2.26. The van der Waals surface area contributed by atoms with Crippen LogP contribution in [0.1, 0.15) is 73.8 Å². The molecule has 0 fully saturated rings. The summed E-state index contributed by atoms with van der Waals surface area (Å²) < 4.78 is 32.6. The van der Waals surface area contributed by atoms with E-state index in [1.807, 2.05) is 18.2 Å². The highest BCUT2D eigenvalue weighted by molar-refractivity contribution is 5.68. The van der Waals surface area contributed by atoms with Crippen LogP contribution in [-0.2, 0) is 25.4 Å². The molecule has 0 spiro atoms. The summed E-state index contributed by atoms with van der Waals surface area (Å²) in [6, 6.07) is 5.45. The molecule has 2 atom stereocenters. The lowest BCUT2D eigenvalue weighted by Crippen LogP contribution is -2.43. The molecule has 0 aromatic heterocycles. The lowest BCUT2D eigenvalue weighted by Gasteiger charge is -2.29. The number of hydrogen-bond donors (Lipinski definition) is 1. The van der Waals surface area contributed by atoms with Crippen molar-refractivity contribution in [1.82, 2.24) is 5.32 Å². The number of ether oxygens (including phenoxy) is 6. The van der Waals surface area contributed by atoms with E-state index in [4.69, 9.17) is 28.4 Å². The van der Waals surface area contributed by atoms with Gasteiger partial charge in [-0.2, -0.15) is 0 Å². The first-order chi connectivity index (χ1) is 17.6. The van der Waals surface area contributed by atoms with Gasteiger partial charge >= 0.3 is 12.2 Å². The van der Waals surface area contributed by atoms with E-state index in [1.165, 1.54) is 0 Å². The molecule has 1 aromatic carbocycles. The van der Waals surface area contributed by atoms with Gasteiger partial charge in [0.05, 0.1) is 19.8 Å². The van der Waals surface area contributed by atoms with E-state index in [-0.39, 0.29) is 18.4 Å². The molecule has 1 aromatic rings. The third kappa shape index (κ3) is 14.3. The zero-order chi connectivity index (χ0) is 28.9. The molecular weight excluding hydrogens is 490 g/mol. The van der Waals surface area contributed by atoms with Gasteiger partial charge in [-0.25, -0.2) is 9.59 Å². The van der Waals surface area contributed by atoms with Gasteiger partial charge < -0.3 is 33.7 Å². The standard InChI is InChI=1S/C29H49NO8/c1-20(2)22(16-21-12-13-24(34-10)25(17-21)35-15-11-14-33-9)18-23(30-26(31)37-28(3,4)5)19-36-27(32)38-29(6,7)8/h12-13,17,20,22-23H,11,14-16,18-19H2,1-10H3,(H,30,31). The minimum atomic E-state index is -0.778. The number of amides is 1. The van der Waals surface area contributed by atoms with Gasteiger partial charge in [-0.3, -0.25) is 0 Å². The molecule has 38 heavy (non-hydrogen) atoms. The Morgan fingerprint density at radius 3 is 2.13 bits per heavy atom. The van der Waals surface area contributed by atoms with Crippen LogP contribution in [0.4, 0.5) is 9.59 Å². The highest BCUT2D eigenvalue weighted by Crippen LogP contribution is 2.31. The summed E-state index contributed by atoms with van der Waals surface area (Å²) in [6.07, 6.45) is 0.730. The average Bonchev–Trinajstić information content (AvgIpc) is 2.77. The maximum Gasteiger partial charge on any atom is 0.508 e. The summed E-state index contributed by atoms with van der Waals surface area (Å²) in [7, 11) is 3.28. The average molecular weight is 540 g/mol. The molecule has 1 rings (SSSR count). The van der Waals surface area contributed by atoms with Crippen molar-refractivity contribution < 1.29 is 38.0 Å². The van der Waals surface area contributed by atoms with E-state index in [0.717, 1.165) is 18.4 Å². The predicted octanol–water partition coefficient (Wildman–Crippen LogP) is 6.16. The molecule has 0 aliphatic rings. The smallest absolute Gasteiger partial charge is 0.493 e. The van der Waals surface area contributed by atoms with Crippen LogP contribution in [0, 0.1) is 11.8 Å². The molecule has 9 nitrogen and oxygen atoms in total. The maximum absolute atomic E-state index is 12.6. The van der Waals surface area contributed by atoms with Crippen LogP contribution >= 0.6 is 0 Å². The second-order valence-corrected chi connectivity index (χ2v) is 11.7. The van der Waals surface area contributed by atoms with Crippen LogP contribution in [-0.4, -0.2) is 63.5 Å². The number of nitrogens with one attached hydrogen (secondary N) is 1. The monoisotopic (exact) mass is 539 g/mol. The van der Waals surface area contributed by atoms with Gasteiger partial charge in [0.15, 0.2) is 11.5 Å². The molecule has 1 N–H and O–H groups in total. The lowest BCUT2D eigenvalue weighted by molar-refractivity contribution is -0.0133. The van der Waals surface area contributed by atoms with Gasteiger partial charge in [0, 0.05) is 20.1 Å². The van der Waals surface area contributed by atoms with E-state index in [1.54, 1.807) is 55.8 Å². The summed E-state index contributed by atoms with van der Waals surface area (Å²) in [5, 5.41) is 2.88. The Balaban J connectivity index is 3.02. The number of hydrogen-bond acceptors (Lipinski definition) is 8. The largest absolute Gasteiger partial charge is 0.508 e. The summed E-state index contributed by atoms with van der Waals surface area (Å²) in [4.78, 5) is 24.8.